The number of nitrogens with two attached hydrogens (primary N) is 1. The molecule has 2 aromatic rings. The highest BCUT2D eigenvalue weighted by atomic mass is 19.1. The highest BCUT2D eigenvalue weighted by Crippen LogP contribution is 2.27. The Morgan fingerprint density at radius 3 is 3.00 bits per heavy atom. The second kappa shape index (κ2) is 5.07. The molecule has 3 rings (SSSR count). The van der Waals surface area contributed by atoms with Gasteiger partial charge < -0.3 is 10.5 Å². The van der Waals surface area contributed by atoms with E-state index in [9.17, 15) is 4.39 Å². The summed E-state index contributed by atoms with van der Waals surface area (Å²) in [7, 11) is 0. The van der Waals surface area contributed by atoms with E-state index in [1.54, 1.807) is 23.2 Å². The van der Waals surface area contributed by atoms with Crippen LogP contribution in [0.5, 0.6) is 0 Å². The molecule has 0 aromatic carbocycles. The molecule has 0 radical (unpaired) electrons. The van der Waals surface area contributed by atoms with Gasteiger partial charge >= 0.3 is 0 Å². The zero-order valence-electron chi connectivity index (χ0n) is 10.4. The topological polar surface area (TPSA) is 66.0 Å². The maximum atomic E-state index is 12.9. The largest absolute Gasteiger partial charge is 0.381 e. The van der Waals surface area contributed by atoms with E-state index in [1.165, 1.54) is 12.3 Å². The quantitative estimate of drug-likeness (QED) is 0.909. The van der Waals surface area contributed by atoms with Gasteiger partial charge in [-0.25, -0.2) is 14.4 Å². The zero-order chi connectivity index (χ0) is 13.2. The smallest absolute Gasteiger partial charge is 0.141 e. The van der Waals surface area contributed by atoms with Crippen molar-refractivity contribution in [2.24, 2.45) is 11.7 Å². The summed E-state index contributed by atoms with van der Waals surface area (Å²) in [6.07, 6.45) is 5.51. The van der Waals surface area contributed by atoms with E-state index >= 15 is 0 Å². The number of nitrogens with zero attached hydrogens (tertiary/aromatic N) is 3. The lowest BCUT2D eigenvalue weighted by molar-refractivity contribution is 0.180. The maximum absolute atomic E-state index is 12.9. The summed E-state index contributed by atoms with van der Waals surface area (Å²) in [4.78, 5) is 8.17. The van der Waals surface area contributed by atoms with Gasteiger partial charge in [0.2, 0.25) is 0 Å². The lowest BCUT2D eigenvalue weighted by Crippen LogP contribution is -2.24. The van der Waals surface area contributed by atoms with Crippen molar-refractivity contribution in [2.75, 3.05) is 13.2 Å². The molecule has 2 unspecified atom stereocenters. The summed E-state index contributed by atoms with van der Waals surface area (Å²) in [6, 6.07) is 2.83. The SMILES string of the molecule is NC(c1cncn1-c1ccc(F)cn1)C1CCOC1. The maximum Gasteiger partial charge on any atom is 0.141 e. The number of pyridine rings is 1. The predicted molar refractivity (Wildman–Crippen MR) is 67.2 cm³/mol. The van der Waals surface area contributed by atoms with Gasteiger partial charge in [0.05, 0.1) is 30.7 Å². The first-order valence-electron chi connectivity index (χ1n) is 6.23. The van der Waals surface area contributed by atoms with Crippen LogP contribution in [0.1, 0.15) is 18.2 Å². The standard InChI is InChI=1S/C13H15FN4O/c14-10-1-2-12(17-5-10)18-8-16-6-11(18)13(15)9-3-4-19-7-9/h1-2,5-6,8-9,13H,3-4,7,15H2. The number of hydrogen-bond donors (Lipinski definition) is 1. The number of ether oxygens (including phenoxy) is 1. The lowest BCUT2D eigenvalue weighted by Gasteiger charge is -2.19. The average Bonchev–Trinajstić information content (AvgIpc) is 3.10. The number of rotatable bonds is 3. The fourth-order valence-corrected chi connectivity index (χ4v) is 2.33. The van der Waals surface area contributed by atoms with Gasteiger partial charge in [-0.3, -0.25) is 4.57 Å². The minimum absolute atomic E-state index is 0.156. The zero-order valence-corrected chi connectivity index (χ0v) is 10.4. The van der Waals surface area contributed by atoms with E-state index in [1.807, 2.05) is 0 Å². The molecule has 2 atom stereocenters. The molecular formula is C13H15FN4O. The van der Waals surface area contributed by atoms with E-state index in [0.717, 1.165) is 18.7 Å². The highest BCUT2D eigenvalue weighted by Gasteiger charge is 2.26. The summed E-state index contributed by atoms with van der Waals surface area (Å²) in [5.41, 5.74) is 7.14. The first-order chi connectivity index (χ1) is 9.25. The number of hydrogen-bond acceptors (Lipinski definition) is 4. The third kappa shape index (κ3) is 2.36. The van der Waals surface area contributed by atoms with Crippen LogP contribution in [-0.4, -0.2) is 27.7 Å². The van der Waals surface area contributed by atoms with Gasteiger partial charge in [-0.05, 0) is 18.6 Å². The molecule has 2 N–H and O–H groups in total. The molecule has 3 heterocycles. The summed E-state index contributed by atoms with van der Waals surface area (Å²) >= 11 is 0. The molecule has 1 fully saturated rings. The Labute approximate surface area is 110 Å². The summed E-state index contributed by atoms with van der Waals surface area (Å²) in [6.45, 7) is 1.42. The molecule has 1 saturated heterocycles. The van der Waals surface area contributed by atoms with Crippen molar-refractivity contribution < 1.29 is 9.13 Å². The molecule has 0 amide bonds. The van der Waals surface area contributed by atoms with Crippen LogP contribution in [0.15, 0.2) is 30.9 Å². The first-order valence-corrected chi connectivity index (χ1v) is 6.23. The number of halogens is 1. The Morgan fingerprint density at radius 2 is 2.32 bits per heavy atom. The number of aromatic nitrogens is 3. The van der Waals surface area contributed by atoms with Crippen molar-refractivity contribution in [1.29, 1.82) is 0 Å². The molecule has 100 valence electrons. The lowest BCUT2D eigenvalue weighted by atomic mass is 9.97. The van der Waals surface area contributed by atoms with Crippen molar-refractivity contribution in [1.82, 2.24) is 14.5 Å². The van der Waals surface area contributed by atoms with Crippen molar-refractivity contribution >= 4 is 0 Å². The van der Waals surface area contributed by atoms with Gasteiger partial charge in [-0.1, -0.05) is 0 Å². The summed E-state index contributed by atoms with van der Waals surface area (Å²) in [5, 5.41) is 0. The molecule has 0 aliphatic carbocycles. The monoisotopic (exact) mass is 262 g/mol. The van der Waals surface area contributed by atoms with E-state index in [4.69, 9.17) is 10.5 Å². The van der Waals surface area contributed by atoms with Gasteiger partial charge in [0.1, 0.15) is 18.0 Å². The second-order valence-electron chi connectivity index (χ2n) is 4.67. The van der Waals surface area contributed by atoms with Crippen LogP contribution in [0.25, 0.3) is 5.82 Å². The second-order valence-corrected chi connectivity index (χ2v) is 4.67. The Kier molecular flexibility index (Phi) is 3.27. The van der Waals surface area contributed by atoms with E-state index in [0.29, 0.717) is 12.4 Å². The molecule has 0 spiro atoms. The van der Waals surface area contributed by atoms with E-state index < -0.39 is 0 Å². The first kappa shape index (κ1) is 12.3. The van der Waals surface area contributed by atoms with E-state index in [-0.39, 0.29) is 17.8 Å². The fraction of sp³-hybridized carbons (Fsp3) is 0.385. The third-order valence-electron chi connectivity index (χ3n) is 3.44. The Balaban J connectivity index is 1.91. The van der Waals surface area contributed by atoms with Gasteiger partial charge in [0.25, 0.3) is 0 Å². The summed E-state index contributed by atoms with van der Waals surface area (Å²) in [5.74, 6) is 0.540. The van der Waals surface area contributed by atoms with Gasteiger partial charge in [0.15, 0.2) is 0 Å². The molecule has 5 nitrogen and oxygen atoms in total. The molecule has 0 saturated carbocycles. The van der Waals surface area contributed by atoms with Gasteiger partial charge in [-0.15, -0.1) is 0 Å². The van der Waals surface area contributed by atoms with Crippen molar-refractivity contribution in [3.8, 4) is 5.82 Å². The van der Waals surface area contributed by atoms with Crippen LogP contribution in [0, 0.1) is 11.7 Å². The predicted octanol–water partition coefficient (Wildman–Crippen LogP) is 1.44. The molecule has 2 aromatic heterocycles. The minimum atomic E-state index is -0.362. The molecule has 6 heteroatoms. The molecule has 19 heavy (non-hydrogen) atoms. The molecule has 1 aliphatic heterocycles. The van der Waals surface area contributed by atoms with Gasteiger partial charge in [0, 0.05) is 12.5 Å². The molecule has 0 bridgehead atoms. The fourth-order valence-electron chi connectivity index (χ4n) is 2.33. The van der Waals surface area contributed by atoms with Gasteiger partial charge in [-0.2, -0.15) is 0 Å². The highest BCUT2D eigenvalue weighted by molar-refractivity contribution is 5.26. The Morgan fingerprint density at radius 1 is 1.42 bits per heavy atom. The summed E-state index contributed by atoms with van der Waals surface area (Å²) < 4.78 is 20.1. The van der Waals surface area contributed by atoms with Crippen LogP contribution in [0.3, 0.4) is 0 Å². The van der Waals surface area contributed by atoms with Crippen LogP contribution in [0.4, 0.5) is 4.39 Å². The minimum Gasteiger partial charge on any atom is -0.381 e. The van der Waals surface area contributed by atoms with Crippen LogP contribution >= 0.6 is 0 Å². The van der Waals surface area contributed by atoms with E-state index in [2.05, 4.69) is 9.97 Å². The van der Waals surface area contributed by atoms with Crippen molar-refractivity contribution in [3.05, 3.63) is 42.4 Å². The Bertz CT molecular complexity index is 548. The molecule has 1 aliphatic rings. The van der Waals surface area contributed by atoms with Crippen LogP contribution < -0.4 is 5.73 Å². The van der Waals surface area contributed by atoms with Crippen LogP contribution in [-0.2, 0) is 4.74 Å². The number of imidazole rings is 1. The van der Waals surface area contributed by atoms with Crippen molar-refractivity contribution in [2.45, 2.75) is 12.5 Å². The van der Waals surface area contributed by atoms with Crippen molar-refractivity contribution in [3.63, 3.8) is 0 Å². The normalized spacial score (nSPS) is 20.6. The molecular weight excluding hydrogens is 247 g/mol. The Hall–Kier alpha value is -1.79. The average molecular weight is 262 g/mol. The van der Waals surface area contributed by atoms with Crippen LogP contribution in [0.2, 0.25) is 0 Å². The third-order valence-corrected chi connectivity index (χ3v) is 3.44.